The molecule has 0 aliphatic rings. The number of thioether (sulfide) groups is 1. The molecule has 0 unspecified atom stereocenters. The first-order valence-electron chi connectivity index (χ1n) is 5.54. The van der Waals surface area contributed by atoms with Crippen LogP contribution in [0.15, 0.2) is 29.2 Å². The van der Waals surface area contributed by atoms with E-state index in [1.165, 1.54) is 12.8 Å². The molecule has 0 saturated heterocycles. The van der Waals surface area contributed by atoms with Gasteiger partial charge in [0.15, 0.2) is 5.78 Å². The number of carbonyl (C=O) groups is 1. The number of hydrogen-bond donors (Lipinski definition) is 0. The topological polar surface area (TPSA) is 17.1 Å². The molecular formula is C13H18OS. The molecule has 0 fully saturated rings. The molecule has 2 heteroatoms. The van der Waals surface area contributed by atoms with Crippen LogP contribution in [0.3, 0.4) is 0 Å². The van der Waals surface area contributed by atoms with E-state index in [1.807, 2.05) is 31.2 Å². The van der Waals surface area contributed by atoms with Crippen LogP contribution in [0.25, 0.3) is 0 Å². The highest BCUT2D eigenvalue weighted by atomic mass is 32.2. The molecule has 0 atom stereocenters. The number of carbonyl (C=O) groups excluding carboxylic acids is 1. The van der Waals surface area contributed by atoms with Gasteiger partial charge in [0.2, 0.25) is 0 Å². The van der Waals surface area contributed by atoms with Gasteiger partial charge < -0.3 is 0 Å². The molecule has 1 aromatic rings. The molecule has 0 bridgehead atoms. The van der Waals surface area contributed by atoms with Crippen molar-refractivity contribution >= 4 is 17.5 Å². The minimum absolute atomic E-state index is 0.245. The zero-order chi connectivity index (χ0) is 11.1. The van der Waals surface area contributed by atoms with E-state index in [2.05, 4.69) is 6.92 Å². The van der Waals surface area contributed by atoms with Crippen molar-refractivity contribution in [2.75, 3.05) is 5.75 Å². The van der Waals surface area contributed by atoms with E-state index in [4.69, 9.17) is 0 Å². The van der Waals surface area contributed by atoms with Gasteiger partial charge in [-0.05, 0) is 18.2 Å². The van der Waals surface area contributed by atoms with Crippen LogP contribution in [0.1, 0.15) is 43.5 Å². The predicted octanol–water partition coefficient (Wildman–Crippen LogP) is 4.17. The third-order valence-electron chi connectivity index (χ3n) is 2.26. The van der Waals surface area contributed by atoms with Gasteiger partial charge in [-0.15, -0.1) is 11.8 Å². The van der Waals surface area contributed by atoms with Gasteiger partial charge in [-0.3, -0.25) is 4.79 Å². The second kappa shape index (κ2) is 6.67. The fourth-order valence-electron chi connectivity index (χ4n) is 1.34. The molecule has 0 radical (unpaired) electrons. The van der Waals surface area contributed by atoms with Crippen LogP contribution >= 0.6 is 11.8 Å². The van der Waals surface area contributed by atoms with E-state index in [9.17, 15) is 4.79 Å². The van der Waals surface area contributed by atoms with Crippen molar-refractivity contribution in [2.45, 2.75) is 38.0 Å². The summed E-state index contributed by atoms with van der Waals surface area (Å²) in [4.78, 5) is 12.8. The van der Waals surface area contributed by atoms with Gasteiger partial charge in [0.1, 0.15) is 0 Å². The molecule has 1 rings (SSSR count). The molecule has 0 heterocycles. The lowest BCUT2D eigenvalue weighted by Crippen LogP contribution is -1.98. The van der Waals surface area contributed by atoms with Gasteiger partial charge in [0.25, 0.3) is 0 Å². The summed E-state index contributed by atoms with van der Waals surface area (Å²) < 4.78 is 0. The summed E-state index contributed by atoms with van der Waals surface area (Å²) in [5, 5.41) is 0. The molecule has 82 valence electrons. The SMILES string of the molecule is CCCCSc1ccccc1C(=O)CC. The van der Waals surface area contributed by atoms with E-state index in [-0.39, 0.29) is 5.78 Å². The minimum atomic E-state index is 0.245. The van der Waals surface area contributed by atoms with Gasteiger partial charge in [-0.25, -0.2) is 0 Å². The summed E-state index contributed by atoms with van der Waals surface area (Å²) in [6.07, 6.45) is 3.00. The maximum atomic E-state index is 11.7. The van der Waals surface area contributed by atoms with E-state index >= 15 is 0 Å². The first kappa shape index (κ1) is 12.3. The van der Waals surface area contributed by atoms with E-state index in [0.29, 0.717) is 6.42 Å². The van der Waals surface area contributed by atoms with Crippen molar-refractivity contribution in [1.29, 1.82) is 0 Å². The molecular weight excluding hydrogens is 204 g/mol. The molecule has 0 aromatic heterocycles. The van der Waals surface area contributed by atoms with Gasteiger partial charge >= 0.3 is 0 Å². The van der Waals surface area contributed by atoms with Crippen molar-refractivity contribution in [3.63, 3.8) is 0 Å². The van der Waals surface area contributed by atoms with Crippen LogP contribution < -0.4 is 0 Å². The van der Waals surface area contributed by atoms with Crippen LogP contribution in [-0.2, 0) is 0 Å². The average Bonchev–Trinajstić information content (AvgIpc) is 2.29. The van der Waals surface area contributed by atoms with Crippen molar-refractivity contribution in [3.05, 3.63) is 29.8 Å². The largest absolute Gasteiger partial charge is 0.294 e. The summed E-state index contributed by atoms with van der Waals surface area (Å²) in [5.74, 6) is 1.35. The maximum Gasteiger partial charge on any atom is 0.163 e. The van der Waals surface area contributed by atoms with Crippen molar-refractivity contribution in [2.24, 2.45) is 0 Å². The Bertz CT molecular complexity index is 320. The fraction of sp³-hybridized carbons (Fsp3) is 0.462. The molecule has 0 spiro atoms. The highest BCUT2D eigenvalue weighted by Crippen LogP contribution is 2.24. The molecule has 0 N–H and O–H groups in total. The lowest BCUT2D eigenvalue weighted by Gasteiger charge is -2.06. The number of ketones is 1. The molecule has 1 aromatic carbocycles. The number of hydrogen-bond acceptors (Lipinski definition) is 2. The zero-order valence-electron chi connectivity index (χ0n) is 9.45. The van der Waals surface area contributed by atoms with Gasteiger partial charge in [-0.2, -0.15) is 0 Å². The first-order chi connectivity index (χ1) is 7.29. The highest BCUT2D eigenvalue weighted by molar-refractivity contribution is 7.99. The standard InChI is InChI=1S/C13H18OS/c1-3-5-10-15-13-9-7-6-8-11(13)12(14)4-2/h6-9H,3-5,10H2,1-2H3. The smallest absolute Gasteiger partial charge is 0.163 e. The van der Waals surface area contributed by atoms with E-state index in [0.717, 1.165) is 16.2 Å². The van der Waals surface area contributed by atoms with Gasteiger partial charge in [0, 0.05) is 16.9 Å². The third kappa shape index (κ3) is 3.71. The molecule has 0 saturated carbocycles. The number of rotatable bonds is 6. The summed E-state index contributed by atoms with van der Waals surface area (Å²) in [6, 6.07) is 7.91. The Morgan fingerprint density at radius 3 is 2.67 bits per heavy atom. The van der Waals surface area contributed by atoms with Crippen molar-refractivity contribution in [3.8, 4) is 0 Å². The van der Waals surface area contributed by atoms with Gasteiger partial charge in [0.05, 0.1) is 0 Å². The normalized spacial score (nSPS) is 10.3. The summed E-state index contributed by atoms with van der Waals surface area (Å²) >= 11 is 1.79. The summed E-state index contributed by atoms with van der Waals surface area (Å²) in [6.45, 7) is 4.10. The molecule has 15 heavy (non-hydrogen) atoms. The minimum Gasteiger partial charge on any atom is -0.294 e. The van der Waals surface area contributed by atoms with E-state index < -0.39 is 0 Å². The Balaban J connectivity index is 2.73. The fourth-order valence-corrected chi connectivity index (χ4v) is 2.50. The summed E-state index contributed by atoms with van der Waals surface area (Å²) in [7, 11) is 0. The lowest BCUT2D eigenvalue weighted by molar-refractivity contribution is 0.0985. The van der Waals surface area contributed by atoms with Crippen molar-refractivity contribution < 1.29 is 4.79 Å². The van der Waals surface area contributed by atoms with Gasteiger partial charge in [-0.1, -0.05) is 38.5 Å². The Kier molecular flexibility index (Phi) is 5.48. The van der Waals surface area contributed by atoms with Crippen LogP contribution in [0, 0.1) is 0 Å². The second-order valence-corrected chi connectivity index (χ2v) is 4.61. The van der Waals surface area contributed by atoms with Crippen LogP contribution in [-0.4, -0.2) is 11.5 Å². The Morgan fingerprint density at radius 1 is 1.27 bits per heavy atom. The monoisotopic (exact) mass is 222 g/mol. The Labute approximate surface area is 96.3 Å². The average molecular weight is 222 g/mol. The predicted molar refractivity (Wildman–Crippen MR) is 66.7 cm³/mol. The maximum absolute atomic E-state index is 11.7. The summed E-state index contributed by atoms with van der Waals surface area (Å²) in [5.41, 5.74) is 0.890. The van der Waals surface area contributed by atoms with Crippen LogP contribution in [0.2, 0.25) is 0 Å². The Hall–Kier alpha value is -0.760. The zero-order valence-corrected chi connectivity index (χ0v) is 10.3. The van der Waals surface area contributed by atoms with E-state index in [1.54, 1.807) is 11.8 Å². The molecule has 1 nitrogen and oxygen atoms in total. The van der Waals surface area contributed by atoms with Crippen LogP contribution in [0.5, 0.6) is 0 Å². The lowest BCUT2D eigenvalue weighted by atomic mass is 10.1. The number of Topliss-reactive ketones (excluding diaryl/α,β-unsaturated/α-hetero) is 1. The quantitative estimate of drug-likeness (QED) is 0.408. The van der Waals surface area contributed by atoms with Crippen molar-refractivity contribution in [1.82, 2.24) is 0 Å². The molecule has 0 amide bonds. The number of unbranched alkanes of at least 4 members (excludes halogenated alkanes) is 1. The third-order valence-corrected chi connectivity index (χ3v) is 3.42. The molecule has 0 aliphatic heterocycles. The highest BCUT2D eigenvalue weighted by Gasteiger charge is 2.08. The second-order valence-electron chi connectivity index (χ2n) is 3.47. The molecule has 0 aliphatic carbocycles. The van der Waals surface area contributed by atoms with Crippen LogP contribution in [0.4, 0.5) is 0 Å². The Morgan fingerprint density at radius 2 is 2.00 bits per heavy atom. The first-order valence-corrected chi connectivity index (χ1v) is 6.53. The number of benzene rings is 1.